The topological polar surface area (TPSA) is 191 Å². The first-order valence-electron chi connectivity index (χ1n) is 22.9. The summed E-state index contributed by atoms with van der Waals surface area (Å²) >= 11 is 0. The molecule has 5 rings (SSSR count). The van der Waals surface area contributed by atoms with Crippen LogP contribution in [0.2, 0.25) is 0 Å². The highest BCUT2D eigenvalue weighted by molar-refractivity contribution is 7.47. The zero-order chi connectivity index (χ0) is 44.6. The fourth-order valence-electron chi connectivity index (χ4n) is 8.16. The fourth-order valence-corrected chi connectivity index (χ4v) is 9.01. The number of nitrogens with two attached hydrogens (primary N) is 1. The van der Waals surface area contributed by atoms with Crippen molar-refractivity contribution in [3.05, 3.63) is 47.9 Å². The number of phosphoric ester groups is 1. The molecule has 16 heteroatoms. The van der Waals surface area contributed by atoms with E-state index in [2.05, 4.69) is 23.1 Å². The van der Waals surface area contributed by atoms with E-state index in [4.69, 9.17) is 43.2 Å². The molecule has 1 aromatic carbocycles. The summed E-state index contributed by atoms with van der Waals surface area (Å²) in [5, 5.41) is 14.0. The molecule has 0 bridgehead atoms. The fraction of sp³-hybridized carbons (Fsp3) is 0.717. The molecule has 62 heavy (non-hydrogen) atoms. The number of nitriles is 1. The SMILES string of the molecule is CCCCCCCCCCCCCCCCCCOC[C@H](COP(=O)(O)OC[C@@]1(C)O[C@@H](c2ccc3c(N)ncnn23)[C@@H]2OC(C)(C)O[C@@H]21)Oc1ccc(C#N)c(OC(C)C)c1. The Bertz CT molecular complexity index is 1900. The molecule has 3 aromatic rings. The highest BCUT2D eigenvalue weighted by Crippen LogP contribution is 2.52. The Kier molecular flexibility index (Phi) is 19.3. The number of phosphoric acid groups is 1. The third-order valence-electron chi connectivity index (χ3n) is 11.4. The molecule has 2 aromatic heterocycles. The maximum Gasteiger partial charge on any atom is 0.472 e. The number of benzene rings is 1. The van der Waals surface area contributed by atoms with Crippen molar-refractivity contribution in [1.29, 1.82) is 5.26 Å². The molecule has 346 valence electrons. The Morgan fingerprint density at radius 3 is 2.15 bits per heavy atom. The lowest BCUT2D eigenvalue weighted by Crippen LogP contribution is -2.44. The van der Waals surface area contributed by atoms with Gasteiger partial charge in [-0.1, -0.05) is 103 Å². The Labute approximate surface area is 368 Å². The smallest absolute Gasteiger partial charge is 0.472 e. The molecule has 0 spiro atoms. The number of anilines is 1. The number of fused-ring (bicyclic) bond motifs is 2. The van der Waals surface area contributed by atoms with Gasteiger partial charge in [0.25, 0.3) is 0 Å². The maximum atomic E-state index is 13.5. The summed E-state index contributed by atoms with van der Waals surface area (Å²) < 4.78 is 63.6. The van der Waals surface area contributed by atoms with Crippen LogP contribution in [-0.2, 0) is 32.6 Å². The number of nitrogens with zero attached hydrogens (tertiary/aromatic N) is 4. The first-order chi connectivity index (χ1) is 29.7. The van der Waals surface area contributed by atoms with Crippen LogP contribution in [0, 0.1) is 11.3 Å². The van der Waals surface area contributed by atoms with Gasteiger partial charge in [0.1, 0.15) is 59.4 Å². The molecule has 3 N–H and O–H groups in total. The summed E-state index contributed by atoms with van der Waals surface area (Å²) in [4.78, 5) is 15.1. The Balaban J connectivity index is 1.10. The van der Waals surface area contributed by atoms with Gasteiger partial charge in [-0.2, -0.15) is 10.4 Å². The molecule has 2 aliphatic rings. The number of hydrogen-bond acceptors (Lipinski definition) is 13. The summed E-state index contributed by atoms with van der Waals surface area (Å²) in [6.45, 7) is 11.3. The van der Waals surface area contributed by atoms with Crippen LogP contribution in [0.3, 0.4) is 0 Å². The van der Waals surface area contributed by atoms with Crippen LogP contribution >= 0.6 is 7.82 Å². The first kappa shape index (κ1) is 49.7. The average molecular weight is 886 g/mol. The largest absolute Gasteiger partial charge is 0.489 e. The third-order valence-corrected chi connectivity index (χ3v) is 12.3. The van der Waals surface area contributed by atoms with Crippen molar-refractivity contribution in [3.8, 4) is 17.6 Å². The van der Waals surface area contributed by atoms with Crippen molar-refractivity contribution in [3.63, 3.8) is 0 Å². The lowest BCUT2D eigenvalue weighted by molar-refractivity contribution is -0.212. The van der Waals surface area contributed by atoms with Crippen LogP contribution in [0.1, 0.15) is 162 Å². The van der Waals surface area contributed by atoms with Gasteiger partial charge in [0, 0.05) is 12.7 Å². The minimum absolute atomic E-state index is 0.0883. The maximum absolute atomic E-state index is 13.5. The van der Waals surface area contributed by atoms with Crippen molar-refractivity contribution < 1.29 is 46.9 Å². The van der Waals surface area contributed by atoms with E-state index in [0.29, 0.717) is 40.7 Å². The lowest BCUT2D eigenvalue weighted by atomic mass is 9.97. The monoisotopic (exact) mass is 886 g/mol. The molecule has 0 aliphatic carbocycles. The molecule has 15 nitrogen and oxygen atoms in total. The average Bonchev–Trinajstić information content (AvgIpc) is 3.89. The summed E-state index contributed by atoms with van der Waals surface area (Å²) in [7, 11) is -4.68. The van der Waals surface area contributed by atoms with Crippen LogP contribution in [0.4, 0.5) is 5.82 Å². The molecule has 1 unspecified atom stereocenters. The predicted molar refractivity (Wildman–Crippen MR) is 237 cm³/mol. The standard InChI is InChI=1S/C46H72N5O10P/c1-7-8-9-10-11-12-13-14-15-16-17-18-19-20-21-22-27-54-30-37(58-36-24-23-35(29-47)40(28-36)57-34(2)3)31-55-62(52,53)56-32-46(6)43-42(59-45(4,5)61-43)41(60-46)38-25-26-39-44(48)49-33-50-51(38)39/h23-26,28,33-34,37,41-43H,7-22,27,30-32H2,1-6H3,(H,52,53)(H2,48,49,50)/t37-,41+,42+,43+,46-/m1/s1. The van der Waals surface area contributed by atoms with Crippen molar-refractivity contribution in [2.45, 2.75) is 186 Å². The molecule has 6 atom stereocenters. The van der Waals surface area contributed by atoms with Gasteiger partial charge in [0.15, 0.2) is 11.6 Å². The van der Waals surface area contributed by atoms with Crippen LogP contribution in [0.25, 0.3) is 5.52 Å². The Hall–Kier alpha value is -3.32. The van der Waals surface area contributed by atoms with E-state index in [-0.39, 0.29) is 25.9 Å². The zero-order valence-corrected chi connectivity index (χ0v) is 38.8. The third kappa shape index (κ3) is 14.9. The first-order valence-corrected chi connectivity index (χ1v) is 24.4. The van der Waals surface area contributed by atoms with Gasteiger partial charge >= 0.3 is 7.82 Å². The number of aromatic nitrogens is 3. The van der Waals surface area contributed by atoms with Gasteiger partial charge in [0.2, 0.25) is 0 Å². The van der Waals surface area contributed by atoms with Crippen LogP contribution < -0.4 is 15.2 Å². The quantitative estimate of drug-likeness (QED) is 0.0475. The number of hydrogen-bond donors (Lipinski definition) is 2. The second-order valence-corrected chi connectivity index (χ2v) is 19.1. The normalized spacial score (nSPS) is 22.1. The van der Waals surface area contributed by atoms with Crippen molar-refractivity contribution in [2.24, 2.45) is 0 Å². The summed E-state index contributed by atoms with van der Waals surface area (Å²) in [5.74, 6) is 0.117. The summed E-state index contributed by atoms with van der Waals surface area (Å²) in [6.07, 6.45) is 19.0. The minimum Gasteiger partial charge on any atom is -0.489 e. The Morgan fingerprint density at radius 1 is 0.871 bits per heavy atom. The number of nitrogen functional groups attached to an aromatic ring is 1. The van der Waals surface area contributed by atoms with E-state index >= 15 is 0 Å². The lowest BCUT2D eigenvalue weighted by Gasteiger charge is -2.31. The molecule has 2 aliphatic heterocycles. The second-order valence-electron chi connectivity index (χ2n) is 17.7. The van der Waals surface area contributed by atoms with E-state index < -0.39 is 43.6 Å². The van der Waals surface area contributed by atoms with Crippen molar-refractivity contribution in [1.82, 2.24) is 14.6 Å². The zero-order valence-electron chi connectivity index (χ0n) is 37.9. The second kappa shape index (κ2) is 24.1. The molecular weight excluding hydrogens is 814 g/mol. The van der Waals surface area contributed by atoms with E-state index in [9.17, 15) is 14.7 Å². The van der Waals surface area contributed by atoms with Gasteiger partial charge in [-0.3, -0.25) is 9.05 Å². The van der Waals surface area contributed by atoms with Gasteiger partial charge in [-0.05, 0) is 65.3 Å². The van der Waals surface area contributed by atoms with E-state index in [1.165, 1.54) is 89.8 Å². The number of unbranched alkanes of at least 4 members (excludes halogenated alkanes) is 15. The van der Waals surface area contributed by atoms with Gasteiger partial charge in [0.05, 0.1) is 37.2 Å². The van der Waals surface area contributed by atoms with Crippen LogP contribution in [-0.4, -0.2) is 81.7 Å². The molecule has 0 amide bonds. The molecule has 4 heterocycles. The predicted octanol–water partition coefficient (Wildman–Crippen LogP) is 10.2. The molecule has 0 saturated carbocycles. The van der Waals surface area contributed by atoms with Gasteiger partial charge in [-0.15, -0.1) is 0 Å². The van der Waals surface area contributed by atoms with Gasteiger partial charge < -0.3 is 39.0 Å². The summed E-state index contributed by atoms with van der Waals surface area (Å²) in [6, 6.07) is 10.7. The van der Waals surface area contributed by atoms with E-state index in [1.807, 2.05) is 19.9 Å². The van der Waals surface area contributed by atoms with E-state index in [0.717, 1.165) is 19.3 Å². The minimum atomic E-state index is -4.68. The highest BCUT2D eigenvalue weighted by Gasteiger charge is 2.62. The van der Waals surface area contributed by atoms with Gasteiger partial charge in [-0.25, -0.2) is 14.1 Å². The number of ether oxygens (including phenoxy) is 6. The molecule has 2 saturated heterocycles. The molecule has 0 radical (unpaired) electrons. The number of rotatable bonds is 30. The molecule has 2 fully saturated rings. The summed E-state index contributed by atoms with van der Waals surface area (Å²) in [5.41, 5.74) is 6.49. The van der Waals surface area contributed by atoms with Crippen molar-refractivity contribution in [2.75, 3.05) is 32.2 Å². The molecular formula is C46H72N5O10P. The highest BCUT2D eigenvalue weighted by atomic mass is 31.2. The van der Waals surface area contributed by atoms with E-state index in [1.54, 1.807) is 49.6 Å². The van der Waals surface area contributed by atoms with Crippen LogP contribution in [0.15, 0.2) is 36.7 Å². The van der Waals surface area contributed by atoms with Crippen molar-refractivity contribution >= 4 is 19.2 Å². The Morgan fingerprint density at radius 2 is 1.52 bits per heavy atom. The van der Waals surface area contributed by atoms with Crippen LogP contribution in [0.5, 0.6) is 11.5 Å².